The highest BCUT2D eigenvalue weighted by atomic mass is 32.2. The Morgan fingerprint density at radius 3 is 2.52 bits per heavy atom. The summed E-state index contributed by atoms with van der Waals surface area (Å²) in [6.07, 6.45) is 2.38. The molecule has 8 nitrogen and oxygen atoms in total. The number of sulfone groups is 1. The van der Waals surface area contributed by atoms with Gasteiger partial charge in [-0.05, 0) is 19.1 Å². The lowest BCUT2D eigenvalue weighted by Gasteiger charge is -2.16. The van der Waals surface area contributed by atoms with Crippen molar-refractivity contribution in [2.75, 3.05) is 31.9 Å². The Balaban J connectivity index is 2.86. The smallest absolute Gasteiger partial charge is 0.343 e. The number of carbonyl (C=O) groups is 1. The highest BCUT2D eigenvalue weighted by Crippen LogP contribution is 2.29. The zero-order valence-electron chi connectivity index (χ0n) is 13.2. The molecule has 0 bridgehead atoms. The van der Waals surface area contributed by atoms with Crippen molar-refractivity contribution in [2.45, 2.75) is 11.9 Å². The van der Waals surface area contributed by atoms with Gasteiger partial charge in [-0.2, -0.15) is 0 Å². The molecule has 0 aliphatic rings. The number of ether oxygens (including phenoxy) is 1. The van der Waals surface area contributed by atoms with Gasteiger partial charge < -0.3 is 14.1 Å². The molecule has 9 heteroatoms. The lowest BCUT2D eigenvalue weighted by molar-refractivity contribution is 0.0521. The van der Waals surface area contributed by atoms with Crippen LogP contribution in [0.5, 0.6) is 0 Å². The SMILES string of the molecule is CCOC(=O)c1c(-c2ccco2)nc(N(C)C)nc1S(C)(=O)=O. The zero-order valence-corrected chi connectivity index (χ0v) is 14.0. The third-order valence-corrected chi connectivity index (χ3v) is 3.85. The maximum atomic E-state index is 12.3. The van der Waals surface area contributed by atoms with Crippen LogP contribution in [-0.2, 0) is 14.6 Å². The van der Waals surface area contributed by atoms with Crippen molar-refractivity contribution in [3.63, 3.8) is 0 Å². The first kappa shape index (κ1) is 16.9. The van der Waals surface area contributed by atoms with E-state index in [1.165, 1.54) is 11.2 Å². The van der Waals surface area contributed by atoms with Crippen molar-refractivity contribution >= 4 is 21.8 Å². The summed E-state index contributed by atoms with van der Waals surface area (Å²) in [6, 6.07) is 3.19. The monoisotopic (exact) mass is 339 g/mol. The maximum absolute atomic E-state index is 12.3. The standard InChI is InChI=1S/C14H17N3O5S/c1-5-21-13(18)10-11(9-7-6-8-22-9)15-14(17(2)3)16-12(10)23(4,19)20/h6-8H,5H2,1-4H3. The molecule has 124 valence electrons. The van der Waals surface area contributed by atoms with E-state index < -0.39 is 15.8 Å². The Hall–Kier alpha value is -2.42. The van der Waals surface area contributed by atoms with Crippen molar-refractivity contribution in [3.8, 4) is 11.5 Å². The molecule has 2 heterocycles. The lowest BCUT2D eigenvalue weighted by atomic mass is 10.2. The molecule has 0 radical (unpaired) electrons. The van der Waals surface area contributed by atoms with Crippen LogP contribution in [0.3, 0.4) is 0 Å². The van der Waals surface area contributed by atoms with E-state index in [0.29, 0.717) is 0 Å². The van der Waals surface area contributed by atoms with E-state index in [9.17, 15) is 13.2 Å². The Morgan fingerprint density at radius 1 is 1.35 bits per heavy atom. The first-order valence-electron chi connectivity index (χ1n) is 6.76. The van der Waals surface area contributed by atoms with E-state index in [1.54, 1.807) is 33.2 Å². The number of furan rings is 1. The maximum Gasteiger partial charge on any atom is 0.343 e. The second-order valence-corrected chi connectivity index (χ2v) is 6.85. The summed E-state index contributed by atoms with van der Waals surface area (Å²) in [6.45, 7) is 1.72. The molecule has 2 rings (SSSR count). The molecule has 0 saturated carbocycles. The molecule has 0 amide bonds. The van der Waals surface area contributed by atoms with E-state index in [1.807, 2.05) is 0 Å². The number of rotatable bonds is 5. The van der Waals surface area contributed by atoms with Gasteiger partial charge >= 0.3 is 5.97 Å². The number of carbonyl (C=O) groups excluding carboxylic acids is 1. The fourth-order valence-electron chi connectivity index (χ4n) is 1.88. The van der Waals surface area contributed by atoms with Crippen LogP contribution < -0.4 is 4.90 Å². The molecule has 0 aliphatic heterocycles. The van der Waals surface area contributed by atoms with Crippen LogP contribution in [0, 0.1) is 0 Å². The predicted octanol–water partition coefficient (Wildman–Crippen LogP) is 1.38. The quantitative estimate of drug-likeness (QED) is 0.594. The molecule has 0 N–H and O–H groups in total. The van der Waals surface area contributed by atoms with Gasteiger partial charge in [0.05, 0.1) is 12.9 Å². The summed E-state index contributed by atoms with van der Waals surface area (Å²) in [5.74, 6) is -0.419. The molecule has 0 atom stereocenters. The van der Waals surface area contributed by atoms with Gasteiger partial charge in [-0.25, -0.2) is 23.2 Å². The normalized spacial score (nSPS) is 11.3. The first-order chi connectivity index (χ1) is 10.8. The average molecular weight is 339 g/mol. The second kappa shape index (κ2) is 6.37. The van der Waals surface area contributed by atoms with E-state index >= 15 is 0 Å². The summed E-state index contributed by atoms with van der Waals surface area (Å²) in [5.41, 5.74) is -0.150. The fraction of sp³-hybridized carbons (Fsp3) is 0.357. The van der Waals surface area contributed by atoms with Gasteiger partial charge in [0.15, 0.2) is 20.6 Å². The van der Waals surface area contributed by atoms with Crippen LogP contribution in [0.4, 0.5) is 5.95 Å². The number of aromatic nitrogens is 2. The minimum absolute atomic E-state index is 0.0765. The van der Waals surface area contributed by atoms with Gasteiger partial charge in [-0.3, -0.25) is 0 Å². The zero-order chi connectivity index (χ0) is 17.2. The van der Waals surface area contributed by atoms with Gasteiger partial charge in [0.2, 0.25) is 5.95 Å². The largest absolute Gasteiger partial charge is 0.463 e. The third kappa shape index (κ3) is 3.50. The van der Waals surface area contributed by atoms with Crippen LogP contribution >= 0.6 is 0 Å². The fourth-order valence-corrected chi connectivity index (χ4v) is 2.67. The van der Waals surface area contributed by atoms with E-state index in [4.69, 9.17) is 9.15 Å². The Morgan fingerprint density at radius 2 is 2.04 bits per heavy atom. The van der Waals surface area contributed by atoms with E-state index in [2.05, 4.69) is 9.97 Å². The number of esters is 1. The summed E-state index contributed by atoms with van der Waals surface area (Å²) < 4.78 is 34.5. The highest BCUT2D eigenvalue weighted by molar-refractivity contribution is 7.90. The van der Waals surface area contributed by atoms with E-state index in [0.717, 1.165) is 6.26 Å². The van der Waals surface area contributed by atoms with Crippen molar-refractivity contribution in [3.05, 3.63) is 24.0 Å². The molecule has 23 heavy (non-hydrogen) atoms. The van der Waals surface area contributed by atoms with Crippen molar-refractivity contribution in [2.24, 2.45) is 0 Å². The number of nitrogens with zero attached hydrogens (tertiary/aromatic N) is 3. The van der Waals surface area contributed by atoms with Gasteiger partial charge in [-0.1, -0.05) is 0 Å². The lowest BCUT2D eigenvalue weighted by Crippen LogP contribution is -2.20. The molecule has 0 spiro atoms. The van der Waals surface area contributed by atoms with Gasteiger partial charge in [0.1, 0.15) is 11.3 Å². The molecule has 0 aromatic carbocycles. The Bertz CT molecular complexity index is 813. The highest BCUT2D eigenvalue weighted by Gasteiger charge is 2.30. The molecule has 0 unspecified atom stereocenters. The van der Waals surface area contributed by atoms with Crippen LogP contribution in [0.25, 0.3) is 11.5 Å². The topological polar surface area (TPSA) is 103 Å². The van der Waals surface area contributed by atoms with Crippen LogP contribution in [0.1, 0.15) is 17.3 Å². The first-order valence-corrected chi connectivity index (χ1v) is 8.65. The molecule has 0 fully saturated rings. The van der Waals surface area contributed by atoms with Crippen molar-refractivity contribution < 1.29 is 22.4 Å². The number of anilines is 1. The summed E-state index contributed by atoms with van der Waals surface area (Å²) in [7, 11) is -0.459. The number of hydrogen-bond donors (Lipinski definition) is 0. The molecule has 0 saturated heterocycles. The molecule has 0 aliphatic carbocycles. The minimum Gasteiger partial charge on any atom is -0.463 e. The summed E-state index contributed by atoms with van der Waals surface area (Å²) in [5, 5.41) is -0.388. The summed E-state index contributed by atoms with van der Waals surface area (Å²) >= 11 is 0. The van der Waals surface area contributed by atoms with Crippen LogP contribution in [-0.4, -0.2) is 51.3 Å². The predicted molar refractivity (Wildman–Crippen MR) is 83.1 cm³/mol. The second-order valence-electron chi connectivity index (χ2n) is 4.92. The molecule has 2 aromatic rings. The molecule has 2 aromatic heterocycles. The van der Waals surface area contributed by atoms with Crippen LogP contribution in [0.2, 0.25) is 0 Å². The Labute approximate surface area is 134 Å². The average Bonchev–Trinajstić information content (AvgIpc) is 2.99. The van der Waals surface area contributed by atoms with Crippen molar-refractivity contribution in [1.82, 2.24) is 9.97 Å². The van der Waals surface area contributed by atoms with Gasteiger partial charge in [-0.15, -0.1) is 0 Å². The van der Waals surface area contributed by atoms with Gasteiger partial charge in [0.25, 0.3) is 0 Å². The van der Waals surface area contributed by atoms with Crippen molar-refractivity contribution in [1.29, 1.82) is 0 Å². The number of hydrogen-bond acceptors (Lipinski definition) is 8. The molecular weight excluding hydrogens is 322 g/mol. The molecular formula is C14H17N3O5S. The third-order valence-electron chi connectivity index (χ3n) is 2.85. The Kier molecular flexibility index (Phi) is 4.69. The minimum atomic E-state index is -3.79. The van der Waals surface area contributed by atoms with Gasteiger partial charge in [0, 0.05) is 20.4 Å². The van der Waals surface area contributed by atoms with E-state index in [-0.39, 0.29) is 34.6 Å². The van der Waals surface area contributed by atoms with Crippen LogP contribution in [0.15, 0.2) is 27.8 Å². The summed E-state index contributed by atoms with van der Waals surface area (Å²) in [4.78, 5) is 22.1.